The summed E-state index contributed by atoms with van der Waals surface area (Å²) in [5.74, 6) is 0.728. The summed E-state index contributed by atoms with van der Waals surface area (Å²) >= 11 is 0. The fourth-order valence-electron chi connectivity index (χ4n) is 2.59. The zero-order valence-electron chi connectivity index (χ0n) is 14.4. The zero-order valence-corrected chi connectivity index (χ0v) is 14.4. The lowest BCUT2D eigenvalue weighted by molar-refractivity contribution is -0.274. The van der Waals surface area contributed by atoms with Crippen LogP contribution in [0.5, 0.6) is 17.2 Å². The third-order valence-electron chi connectivity index (χ3n) is 3.67. The van der Waals surface area contributed by atoms with Crippen molar-refractivity contribution in [3.8, 4) is 17.2 Å². The van der Waals surface area contributed by atoms with Gasteiger partial charge in [0, 0.05) is 12.2 Å². The van der Waals surface area contributed by atoms with Crippen LogP contribution in [-0.4, -0.2) is 37.6 Å². The predicted molar refractivity (Wildman–Crippen MR) is 90.7 cm³/mol. The summed E-state index contributed by atoms with van der Waals surface area (Å²) < 4.78 is 50.8. The number of amides is 1. The van der Waals surface area contributed by atoms with E-state index in [0.717, 1.165) is 17.7 Å². The van der Waals surface area contributed by atoms with Gasteiger partial charge in [-0.15, -0.1) is 13.2 Å². The molecule has 0 aliphatic carbocycles. The second kappa shape index (κ2) is 7.75. The van der Waals surface area contributed by atoms with Crippen molar-refractivity contribution in [3.63, 3.8) is 0 Å². The molecule has 1 heterocycles. The van der Waals surface area contributed by atoms with E-state index in [4.69, 9.17) is 9.47 Å². The van der Waals surface area contributed by atoms with E-state index in [0.29, 0.717) is 23.7 Å². The quantitative estimate of drug-likeness (QED) is 0.830. The Morgan fingerprint density at radius 2 is 1.85 bits per heavy atom. The molecule has 0 fully saturated rings. The predicted octanol–water partition coefficient (Wildman–Crippen LogP) is 3.38. The molecule has 1 N–H and O–H groups in total. The van der Waals surface area contributed by atoms with E-state index in [9.17, 15) is 18.0 Å². The van der Waals surface area contributed by atoms with Gasteiger partial charge < -0.3 is 19.5 Å². The van der Waals surface area contributed by atoms with Crippen LogP contribution in [0.3, 0.4) is 0 Å². The summed E-state index contributed by atoms with van der Waals surface area (Å²) in [4.78, 5) is 13.9. The molecule has 0 saturated carbocycles. The summed E-state index contributed by atoms with van der Waals surface area (Å²) in [6.07, 6.45) is -4.75. The topological polar surface area (TPSA) is 60.0 Å². The first-order valence-corrected chi connectivity index (χ1v) is 8.01. The number of halogens is 3. The first kappa shape index (κ1) is 18.8. The molecule has 0 radical (unpaired) electrons. The third kappa shape index (κ3) is 5.52. The number of alkyl halides is 3. The molecule has 2 aromatic carbocycles. The van der Waals surface area contributed by atoms with E-state index in [2.05, 4.69) is 10.1 Å². The minimum Gasteiger partial charge on any atom is -0.454 e. The van der Waals surface area contributed by atoms with E-state index in [-0.39, 0.29) is 25.0 Å². The van der Waals surface area contributed by atoms with Crippen LogP contribution in [0, 0.1) is 0 Å². The number of hydrogen-bond donors (Lipinski definition) is 1. The molecule has 1 aliphatic rings. The van der Waals surface area contributed by atoms with E-state index in [1.54, 1.807) is 11.9 Å². The molecule has 0 unspecified atom stereocenters. The fraction of sp³-hybridized carbons (Fsp3) is 0.278. The van der Waals surface area contributed by atoms with Crippen molar-refractivity contribution in [3.05, 3.63) is 48.0 Å². The summed E-state index contributed by atoms with van der Waals surface area (Å²) in [7, 11) is 1.78. The number of ether oxygens (including phenoxy) is 3. The molecule has 3 rings (SSSR count). The van der Waals surface area contributed by atoms with Crippen molar-refractivity contribution in [1.82, 2.24) is 4.90 Å². The molecule has 6 nitrogen and oxygen atoms in total. The van der Waals surface area contributed by atoms with E-state index < -0.39 is 6.36 Å². The van der Waals surface area contributed by atoms with Gasteiger partial charge in [-0.05, 0) is 49.0 Å². The van der Waals surface area contributed by atoms with Gasteiger partial charge in [0.1, 0.15) is 5.75 Å². The number of likely N-dealkylation sites (N-methyl/N-ethyl adjacent to an activating group) is 1. The number of nitrogens with zero attached hydrogens (tertiary/aromatic N) is 1. The molecule has 0 aromatic heterocycles. The van der Waals surface area contributed by atoms with Crippen LogP contribution in [-0.2, 0) is 11.3 Å². The van der Waals surface area contributed by atoms with E-state index in [1.165, 1.54) is 12.1 Å². The molecule has 2 aromatic rings. The number of anilines is 1. The van der Waals surface area contributed by atoms with Crippen molar-refractivity contribution in [1.29, 1.82) is 0 Å². The Labute approximate surface area is 153 Å². The van der Waals surface area contributed by atoms with Crippen LogP contribution in [0.15, 0.2) is 42.5 Å². The lowest BCUT2D eigenvalue weighted by Gasteiger charge is -2.17. The molecule has 144 valence electrons. The largest absolute Gasteiger partial charge is 0.573 e. The number of carbonyl (C=O) groups excluding carboxylic acids is 1. The van der Waals surface area contributed by atoms with E-state index >= 15 is 0 Å². The Bertz CT molecular complexity index is 809. The Balaban J connectivity index is 1.50. The Kier molecular flexibility index (Phi) is 5.41. The minimum absolute atomic E-state index is 0.106. The van der Waals surface area contributed by atoms with Gasteiger partial charge in [-0.25, -0.2) is 0 Å². The Hall–Kier alpha value is -2.94. The highest BCUT2D eigenvalue weighted by Gasteiger charge is 2.30. The Morgan fingerprint density at radius 3 is 2.56 bits per heavy atom. The monoisotopic (exact) mass is 382 g/mol. The number of hydrogen-bond acceptors (Lipinski definition) is 5. The second-order valence-electron chi connectivity index (χ2n) is 5.98. The van der Waals surface area contributed by atoms with Gasteiger partial charge in [-0.1, -0.05) is 6.07 Å². The molecule has 27 heavy (non-hydrogen) atoms. The maximum Gasteiger partial charge on any atom is 0.573 e. The lowest BCUT2D eigenvalue weighted by Crippen LogP contribution is -2.29. The molecule has 1 amide bonds. The molecule has 1 aliphatic heterocycles. The molecule has 0 atom stereocenters. The highest BCUT2D eigenvalue weighted by molar-refractivity contribution is 5.92. The molecule has 9 heteroatoms. The van der Waals surface area contributed by atoms with Gasteiger partial charge in [0.25, 0.3) is 0 Å². The van der Waals surface area contributed by atoms with Gasteiger partial charge in [-0.3, -0.25) is 9.69 Å². The van der Waals surface area contributed by atoms with Gasteiger partial charge in [0.15, 0.2) is 11.5 Å². The molecular formula is C18H17F3N2O4. The summed E-state index contributed by atoms with van der Waals surface area (Å²) in [5.41, 5.74) is 1.34. The first-order valence-electron chi connectivity index (χ1n) is 8.01. The summed E-state index contributed by atoms with van der Waals surface area (Å²) in [6, 6.07) is 10.5. The second-order valence-corrected chi connectivity index (χ2v) is 5.98. The maximum absolute atomic E-state index is 12.1. The van der Waals surface area contributed by atoms with Crippen LogP contribution >= 0.6 is 0 Å². The van der Waals surface area contributed by atoms with Crippen LogP contribution in [0.4, 0.5) is 18.9 Å². The van der Waals surface area contributed by atoms with Gasteiger partial charge in [-0.2, -0.15) is 0 Å². The molecule has 0 saturated heterocycles. The number of benzene rings is 2. The van der Waals surface area contributed by atoms with Gasteiger partial charge >= 0.3 is 6.36 Å². The van der Waals surface area contributed by atoms with Crippen LogP contribution in [0.1, 0.15) is 5.56 Å². The van der Waals surface area contributed by atoms with Crippen LogP contribution in [0.25, 0.3) is 0 Å². The van der Waals surface area contributed by atoms with Gasteiger partial charge in [0.2, 0.25) is 12.7 Å². The highest BCUT2D eigenvalue weighted by atomic mass is 19.4. The van der Waals surface area contributed by atoms with Crippen LogP contribution < -0.4 is 19.5 Å². The molecular weight excluding hydrogens is 365 g/mol. The third-order valence-corrected chi connectivity index (χ3v) is 3.67. The van der Waals surface area contributed by atoms with Crippen molar-refractivity contribution >= 4 is 11.6 Å². The SMILES string of the molecule is CN(CC(=O)Nc1ccc(OC(F)(F)F)cc1)Cc1ccc2c(c1)OCO2. The van der Waals surface area contributed by atoms with Crippen molar-refractivity contribution in [2.75, 3.05) is 25.7 Å². The molecule has 0 bridgehead atoms. The first-order chi connectivity index (χ1) is 12.8. The van der Waals surface area contributed by atoms with Crippen molar-refractivity contribution < 1.29 is 32.2 Å². The van der Waals surface area contributed by atoms with Crippen molar-refractivity contribution in [2.24, 2.45) is 0 Å². The standard InChI is InChI=1S/C18H17F3N2O4/c1-23(9-12-2-7-15-16(8-12)26-11-25-15)10-17(24)22-13-3-5-14(6-4-13)27-18(19,20)21/h2-8H,9-11H2,1H3,(H,22,24). The van der Waals surface area contributed by atoms with Gasteiger partial charge in [0.05, 0.1) is 6.54 Å². The molecule has 0 spiro atoms. The summed E-state index contributed by atoms with van der Waals surface area (Å²) in [6.45, 7) is 0.821. The van der Waals surface area contributed by atoms with Crippen molar-refractivity contribution in [2.45, 2.75) is 12.9 Å². The average Bonchev–Trinajstić information content (AvgIpc) is 3.02. The summed E-state index contributed by atoms with van der Waals surface area (Å²) in [5, 5.41) is 2.63. The Morgan fingerprint density at radius 1 is 1.15 bits per heavy atom. The fourth-order valence-corrected chi connectivity index (χ4v) is 2.59. The highest BCUT2D eigenvalue weighted by Crippen LogP contribution is 2.32. The average molecular weight is 382 g/mol. The minimum atomic E-state index is -4.75. The number of carbonyl (C=O) groups is 1. The maximum atomic E-state index is 12.1. The smallest absolute Gasteiger partial charge is 0.454 e. The number of fused-ring (bicyclic) bond motifs is 1. The lowest BCUT2D eigenvalue weighted by atomic mass is 10.2. The number of nitrogens with one attached hydrogen (secondary N) is 1. The zero-order chi connectivity index (χ0) is 19.4. The normalized spacial score (nSPS) is 12.9. The van der Waals surface area contributed by atoms with Crippen LogP contribution in [0.2, 0.25) is 0 Å². The van der Waals surface area contributed by atoms with E-state index in [1.807, 2.05) is 18.2 Å². The number of rotatable bonds is 6.